The first-order valence-corrected chi connectivity index (χ1v) is 13.3. The summed E-state index contributed by atoms with van der Waals surface area (Å²) in [6.45, 7) is 5.60. The molecule has 1 aliphatic heterocycles. The number of rotatable bonds is 7. The Kier molecular flexibility index (Phi) is 6.71. The van der Waals surface area contributed by atoms with Crippen LogP contribution in [0.25, 0.3) is 16.2 Å². The second-order valence-corrected chi connectivity index (χ2v) is 11.0. The van der Waals surface area contributed by atoms with Crippen LogP contribution in [0.15, 0.2) is 81.8 Å². The van der Waals surface area contributed by atoms with Gasteiger partial charge in [-0.2, -0.15) is 5.10 Å². The average molecular weight is 521 g/mol. The smallest absolute Gasteiger partial charge is 0.246 e. The number of nitrogens with zero attached hydrogens (tertiary/aromatic N) is 6. The summed E-state index contributed by atoms with van der Waals surface area (Å²) in [5.41, 5.74) is 3.03. The number of phenolic OH excluding ortho intramolecular Hbond substituents is 1. The van der Waals surface area contributed by atoms with E-state index in [4.69, 9.17) is 10.1 Å². The number of benzene rings is 2. The van der Waals surface area contributed by atoms with Crippen LogP contribution in [0, 0.1) is 0 Å². The molecule has 0 saturated carbocycles. The van der Waals surface area contributed by atoms with E-state index in [1.54, 1.807) is 34.6 Å². The van der Waals surface area contributed by atoms with Crippen molar-refractivity contribution in [3.05, 3.63) is 72.9 Å². The van der Waals surface area contributed by atoms with E-state index in [-0.39, 0.29) is 16.9 Å². The lowest BCUT2D eigenvalue weighted by atomic mass is 10.1. The van der Waals surface area contributed by atoms with Crippen molar-refractivity contribution in [2.75, 3.05) is 10.7 Å². The number of imidazole rings is 1. The SMILES string of the molecule is C=CCSc1nn2c(/C=N/N=C3\SC(C)C(=O)N3c3ccc(O)cc3)c(-c3ccccc3)nc2s1. The van der Waals surface area contributed by atoms with Crippen LogP contribution >= 0.6 is 34.9 Å². The number of aromatic hydroxyl groups is 1. The molecule has 5 rings (SSSR count). The Balaban J connectivity index is 1.53. The van der Waals surface area contributed by atoms with E-state index in [1.807, 2.05) is 43.3 Å². The van der Waals surface area contributed by atoms with Crippen molar-refractivity contribution in [1.82, 2.24) is 14.6 Å². The number of aromatic nitrogens is 3. The zero-order valence-electron chi connectivity index (χ0n) is 18.6. The lowest BCUT2D eigenvalue weighted by molar-refractivity contribution is -0.116. The molecule has 1 amide bonds. The molecular formula is C24H20N6O2S3. The Bertz CT molecular complexity index is 1440. The van der Waals surface area contributed by atoms with Crippen molar-refractivity contribution in [1.29, 1.82) is 0 Å². The number of amidine groups is 1. The number of carbonyl (C=O) groups is 1. The van der Waals surface area contributed by atoms with Crippen LogP contribution in [0.4, 0.5) is 5.69 Å². The van der Waals surface area contributed by atoms with Crippen LogP contribution < -0.4 is 4.90 Å². The standard InChI is InChI=1S/C24H20N6O2S3/c1-3-13-33-24-28-30-19(20(26-22(30)35-24)16-7-5-4-6-8-16)14-25-27-23-29(21(32)15(2)34-23)17-9-11-18(31)12-10-17/h3-12,14-15,31H,1,13H2,2H3/b25-14+,27-23-. The monoisotopic (exact) mass is 520 g/mol. The Labute approximate surface area is 214 Å². The Morgan fingerprint density at radius 2 is 1.97 bits per heavy atom. The van der Waals surface area contributed by atoms with E-state index in [2.05, 4.69) is 16.8 Å². The van der Waals surface area contributed by atoms with Crippen LogP contribution in [-0.4, -0.2) is 48.0 Å². The molecule has 1 atom stereocenters. The van der Waals surface area contributed by atoms with Gasteiger partial charge in [0.25, 0.3) is 0 Å². The molecule has 1 aliphatic rings. The number of carbonyl (C=O) groups excluding carboxylic acids is 1. The minimum Gasteiger partial charge on any atom is -0.508 e. The maximum Gasteiger partial charge on any atom is 0.246 e. The summed E-state index contributed by atoms with van der Waals surface area (Å²) in [4.78, 5) is 19.9. The summed E-state index contributed by atoms with van der Waals surface area (Å²) < 4.78 is 2.66. The van der Waals surface area contributed by atoms with E-state index in [1.165, 1.54) is 40.1 Å². The number of hydrogen-bond donors (Lipinski definition) is 1. The summed E-state index contributed by atoms with van der Waals surface area (Å²) in [7, 11) is 0. The average Bonchev–Trinajstić information content (AvgIpc) is 3.50. The van der Waals surface area contributed by atoms with Gasteiger partial charge in [0.05, 0.1) is 17.2 Å². The van der Waals surface area contributed by atoms with Crippen molar-refractivity contribution in [3.63, 3.8) is 0 Å². The normalized spacial score (nSPS) is 17.3. The highest BCUT2D eigenvalue weighted by atomic mass is 32.2. The van der Waals surface area contributed by atoms with Gasteiger partial charge >= 0.3 is 0 Å². The molecule has 2 aromatic carbocycles. The minimum atomic E-state index is -0.290. The number of hydrogen-bond acceptors (Lipinski definition) is 9. The Morgan fingerprint density at radius 3 is 2.71 bits per heavy atom. The van der Waals surface area contributed by atoms with Gasteiger partial charge in [-0.15, -0.1) is 16.8 Å². The molecular weight excluding hydrogens is 501 g/mol. The molecule has 0 radical (unpaired) electrons. The lowest BCUT2D eigenvalue weighted by Crippen LogP contribution is -2.31. The first-order valence-electron chi connectivity index (χ1n) is 10.6. The number of anilines is 1. The van der Waals surface area contributed by atoms with Gasteiger partial charge in [0, 0.05) is 11.3 Å². The van der Waals surface area contributed by atoms with Crippen molar-refractivity contribution in [2.24, 2.45) is 10.2 Å². The molecule has 0 aliphatic carbocycles. The van der Waals surface area contributed by atoms with Crippen LogP contribution in [0.1, 0.15) is 12.6 Å². The molecule has 35 heavy (non-hydrogen) atoms. The van der Waals surface area contributed by atoms with E-state index in [9.17, 15) is 9.90 Å². The Morgan fingerprint density at radius 1 is 1.20 bits per heavy atom. The fourth-order valence-electron chi connectivity index (χ4n) is 3.44. The van der Waals surface area contributed by atoms with Crippen LogP contribution in [0.5, 0.6) is 5.75 Å². The summed E-state index contributed by atoms with van der Waals surface area (Å²) in [6.07, 6.45) is 3.46. The number of fused-ring (bicyclic) bond motifs is 1. The molecule has 1 saturated heterocycles. The number of phenols is 1. The maximum atomic E-state index is 12.8. The van der Waals surface area contributed by atoms with E-state index in [0.29, 0.717) is 16.5 Å². The van der Waals surface area contributed by atoms with Crippen molar-refractivity contribution in [3.8, 4) is 17.0 Å². The molecule has 2 aromatic heterocycles. The predicted molar refractivity (Wildman–Crippen MR) is 145 cm³/mol. The van der Waals surface area contributed by atoms with Gasteiger partial charge in [0.2, 0.25) is 10.9 Å². The van der Waals surface area contributed by atoms with Gasteiger partial charge in [-0.1, -0.05) is 71.3 Å². The van der Waals surface area contributed by atoms with Crippen LogP contribution in [0.2, 0.25) is 0 Å². The summed E-state index contributed by atoms with van der Waals surface area (Å²) in [5, 5.41) is 23.2. The molecule has 3 heterocycles. The molecule has 1 N–H and O–H groups in total. The molecule has 8 nitrogen and oxygen atoms in total. The van der Waals surface area contributed by atoms with Gasteiger partial charge in [0.1, 0.15) is 17.1 Å². The van der Waals surface area contributed by atoms with Gasteiger partial charge in [0.15, 0.2) is 9.51 Å². The topological polar surface area (TPSA) is 95.5 Å². The highest BCUT2D eigenvalue weighted by Gasteiger charge is 2.36. The molecule has 0 bridgehead atoms. The zero-order chi connectivity index (χ0) is 24.4. The molecule has 1 unspecified atom stereocenters. The third-order valence-electron chi connectivity index (χ3n) is 5.06. The largest absolute Gasteiger partial charge is 0.508 e. The van der Waals surface area contributed by atoms with Gasteiger partial charge in [-0.05, 0) is 31.2 Å². The minimum absolute atomic E-state index is 0.0882. The fraction of sp³-hybridized carbons (Fsp3) is 0.125. The second kappa shape index (κ2) is 10.1. The first kappa shape index (κ1) is 23.3. The van der Waals surface area contributed by atoms with Crippen molar-refractivity contribution in [2.45, 2.75) is 16.5 Å². The van der Waals surface area contributed by atoms with Gasteiger partial charge in [-0.3, -0.25) is 9.69 Å². The molecule has 176 valence electrons. The van der Waals surface area contributed by atoms with E-state index >= 15 is 0 Å². The fourth-order valence-corrected chi connectivity index (χ4v) is 6.06. The molecule has 4 aromatic rings. The van der Waals surface area contributed by atoms with E-state index in [0.717, 1.165) is 26.3 Å². The number of amides is 1. The third kappa shape index (κ3) is 4.75. The van der Waals surface area contributed by atoms with Crippen LogP contribution in [-0.2, 0) is 4.79 Å². The summed E-state index contributed by atoms with van der Waals surface area (Å²) >= 11 is 4.44. The first-order chi connectivity index (χ1) is 17.0. The molecule has 0 spiro atoms. The highest BCUT2D eigenvalue weighted by Crippen LogP contribution is 2.33. The molecule has 1 fully saturated rings. The summed E-state index contributed by atoms with van der Waals surface area (Å²) in [6, 6.07) is 16.3. The second-order valence-electron chi connectivity index (χ2n) is 7.45. The highest BCUT2D eigenvalue weighted by molar-refractivity contribution is 8.16. The van der Waals surface area contributed by atoms with Gasteiger partial charge < -0.3 is 5.11 Å². The van der Waals surface area contributed by atoms with Crippen molar-refractivity contribution >= 4 is 62.8 Å². The molecule has 11 heteroatoms. The maximum absolute atomic E-state index is 12.8. The zero-order valence-corrected chi connectivity index (χ0v) is 21.1. The van der Waals surface area contributed by atoms with Gasteiger partial charge in [-0.25, -0.2) is 9.50 Å². The van der Waals surface area contributed by atoms with Crippen LogP contribution in [0.3, 0.4) is 0 Å². The summed E-state index contributed by atoms with van der Waals surface area (Å²) in [5.74, 6) is 0.801. The number of thioether (sulfide) groups is 2. The third-order valence-corrected chi connectivity index (χ3v) is 8.13. The quantitative estimate of drug-likeness (QED) is 0.154. The van der Waals surface area contributed by atoms with Crippen molar-refractivity contribution < 1.29 is 9.90 Å². The lowest BCUT2D eigenvalue weighted by Gasteiger charge is -2.15. The predicted octanol–water partition coefficient (Wildman–Crippen LogP) is 5.30. The Hall–Kier alpha value is -3.41. The van der Waals surface area contributed by atoms with E-state index < -0.39 is 0 Å².